The molecule has 8 heteroatoms. The van der Waals surface area contributed by atoms with Gasteiger partial charge in [-0.3, -0.25) is 14.3 Å². The van der Waals surface area contributed by atoms with Crippen molar-refractivity contribution in [2.45, 2.75) is 6.10 Å². The van der Waals surface area contributed by atoms with Crippen LogP contribution in [0.15, 0.2) is 78.1 Å². The maximum atomic E-state index is 12.6. The van der Waals surface area contributed by atoms with E-state index in [1.165, 1.54) is 0 Å². The van der Waals surface area contributed by atoms with Gasteiger partial charge in [-0.25, -0.2) is 9.67 Å². The number of pyridine rings is 1. The van der Waals surface area contributed by atoms with Gasteiger partial charge < -0.3 is 9.64 Å². The molecule has 1 atom stereocenters. The van der Waals surface area contributed by atoms with Crippen molar-refractivity contribution >= 4 is 5.95 Å². The van der Waals surface area contributed by atoms with Gasteiger partial charge in [0.05, 0.1) is 24.5 Å². The van der Waals surface area contributed by atoms with Gasteiger partial charge in [0, 0.05) is 50.0 Å². The molecule has 1 aliphatic heterocycles. The highest BCUT2D eigenvalue weighted by molar-refractivity contribution is 5.59. The van der Waals surface area contributed by atoms with E-state index in [9.17, 15) is 4.79 Å². The van der Waals surface area contributed by atoms with Gasteiger partial charge in [-0.1, -0.05) is 12.1 Å². The zero-order chi connectivity index (χ0) is 21.2. The van der Waals surface area contributed by atoms with Gasteiger partial charge in [0.2, 0.25) is 5.95 Å². The van der Waals surface area contributed by atoms with Gasteiger partial charge in [0.25, 0.3) is 5.56 Å². The second-order valence-corrected chi connectivity index (χ2v) is 7.43. The van der Waals surface area contributed by atoms with Crippen molar-refractivity contribution in [2.75, 3.05) is 24.6 Å². The summed E-state index contributed by atoms with van der Waals surface area (Å²) in [7, 11) is 1.75. The zero-order valence-corrected chi connectivity index (χ0v) is 17.1. The quantitative estimate of drug-likeness (QED) is 0.511. The highest BCUT2D eigenvalue weighted by Gasteiger charge is 2.25. The Hall–Kier alpha value is -3.78. The van der Waals surface area contributed by atoms with Crippen LogP contribution >= 0.6 is 0 Å². The van der Waals surface area contributed by atoms with Crippen LogP contribution in [0.4, 0.5) is 5.95 Å². The van der Waals surface area contributed by atoms with Crippen LogP contribution in [-0.2, 0) is 11.8 Å². The topological polar surface area (TPSA) is 78.1 Å². The van der Waals surface area contributed by atoms with Crippen LogP contribution in [-0.4, -0.2) is 44.0 Å². The number of nitrogens with zero attached hydrogens (tertiary/aromatic N) is 6. The number of hydrogen-bond donors (Lipinski definition) is 0. The molecule has 0 aliphatic carbocycles. The van der Waals surface area contributed by atoms with E-state index >= 15 is 0 Å². The van der Waals surface area contributed by atoms with Crippen LogP contribution < -0.4 is 10.5 Å². The molecular weight excluding hydrogens is 392 g/mol. The van der Waals surface area contributed by atoms with E-state index in [4.69, 9.17) is 9.72 Å². The molecule has 4 heterocycles. The fourth-order valence-electron chi connectivity index (χ4n) is 3.80. The van der Waals surface area contributed by atoms with E-state index in [-0.39, 0.29) is 11.7 Å². The summed E-state index contributed by atoms with van der Waals surface area (Å²) in [4.78, 5) is 23.6. The highest BCUT2D eigenvalue weighted by atomic mass is 16.5. The van der Waals surface area contributed by atoms with Gasteiger partial charge in [-0.15, -0.1) is 0 Å². The van der Waals surface area contributed by atoms with Gasteiger partial charge >= 0.3 is 0 Å². The molecule has 1 fully saturated rings. The van der Waals surface area contributed by atoms with Crippen molar-refractivity contribution in [3.8, 4) is 16.9 Å². The molecule has 0 N–H and O–H groups in total. The summed E-state index contributed by atoms with van der Waals surface area (Å²) in [5.74, 6) is 0.635. The van der Waals surface area contributed by atoms with E-state index < -0.39 is 0 Å². The first-order valence-electron chi connectivity index (χ1n) is 10.1. The standard InChI is InChI=1S/C23H22N6O2/c1-27-22(30)15-20(17-6-9-24-10-7-17)26-23(27)28-12-13-31-21(16-28)18-4-2-5-19(14-18)29-11-3-8-25-29/h2-11,14-15,21H,12-13,16H2,1H3. The van der Waals surface area contributed by atoms with Crippen molar-refractivity contribution in [1.82, 2.24) is 24.3 Å². The van der Waals surface area contributed by atoms with Crippen molar-refractivity contribution in [3.63, 3.8) is 0 Å². The number of anilines is 1. The van der Waals surface area contributed by atoms with Crippen LogP contribution in [0.3, 0.4) is 0 Å². The molecule has 31 heavy (non-hydrogen) atoms. The summed E-state index contributed by atoms with van der Waals surface area (Å²) >= 11 is 0. The molecule has 0 spiro atoms. The van der Waals surface area contributed by atoms with E-state index in [0.29, 0.717) is 31.3 Å². The van der Waals surface area contributed by atoms with Crippen LogP contribution in [0, 0.1) is 0 Å². The lowest BCUT2D eigenvalue weighted by molar-refractivity contribution is 0.0389. The van der Waals surface area contributed by atoms with Crippen LogP contribution in [0.1, 0.15) is 11.7 Å². The molecule has 8 nitrogen and oxygen atoms in total. The minimum absolute atomic E-state index is 0.0967. The molecule has 1 aromatic carbocycles. The fourth-order valence-corrected chi connectivity index (χ4v) is 3.80. The smallest absolute Gasteiger partial charge is 0.255 e. The number of aromatic nitrogens is 5. The predicted molar refractivity (Wildman–Crippen MR) is 117 cm³/mol. The molecule has 0 radical (unpaired) electrons. The summed E-state index contributed by atoms with van der Waals surface area (Å²) in [6.07, 6.45) is 6.94. The van der Waals surface area contributed by atoms with Crippen molar-refractivity contribution in [1.29, 1.82) is 0 Å². The Labute approximate surface area is 179 Å². The van der Waals surface area contributed by atoms with Gasteiger partial charge in [0.15, 0.2) is 0 Å². The summed E-state index contributed by atoms with van der Waals surface area (Å²) in [6, 6.07) is 15.3. The lowest BCUT2D eigenvalue weighted by atomic mass is 10.1. The molecule has 156 valence electrons. The summed E-state index contributed by atoms with van der Waals surface area (Å²) < 4.78 is 9.50. The minimum Gasteiger partial charge on any atom is -0.370 e. The lowest BCUT2D eigenvalue weighted by Gasteiger charge is -2.34. The lowest BCUT2D eigenvalue weighted by Crippen LogP contribution is -2.41. The SMILES string of the molecule is Cn1c(N2CCOC(c3cccc(-n4cccn4)c3)C2)nc(-c2ccncc2)cc1=O. The number of benzene rings is 1. The molecule has 0 bridgehead atoms. The third kappa shape index (κ3) is 3.85. The minimum atomic E-state index is -0.134. The summed E-state index contributed by atoms with van der Waals surface area (Å²) in [5.41, 5.74) is 3.46. The molecule has 4 aromatic rings. The van der Waals surface area contributed by atoms with E-state index in [0.717, 1.165) is 16.8 Å². The number of hydrogen-bond acceptors (Lipinski definition) is 6. The van der Waals surface area contributed by atoms with E-state index in [1.54, 1.807) is 36.3 Å². The highest BCUT2D eigenvalue weighted by Crippen LogP contribution is 2.27. The number of rotatable bonds is 4. The van der Waals surface area contributed by atoms with Gasteiger partial charge in [-0.05, 0) is 35.9 Å². The Bertz CT molecular complexity index is 1240. The maximum Gasteiger partial charge on any atom is 0.255 e. The second-order valence-electron chi connectivity index (χ2n) is 7.43. The average molecular weight is 414 g/mol. The number of ether oxygens (including phenoxy) is 1. The van der Waals surface area contributed by atoms with Crippen LogP contribution in [0.25, 0.3) is 16.9 Å². The third-order valence-electron chi connectivity index (χ3n) is 5.45. The largest absolute Gasteiger partial charge is 0.370 e. The second kappa shape index (κ2) is 8.16. The molecule has 1 unspecified atom stereocenters. The monoisotopic (exact) mass is 414 g/mol. The molecule has 1 aliphatic rings. The Morgan fingerprint density at radius 3 is 2.74 bits per heavy atom. The summed E-state index contributed by atoms with van der Waals surface area (Å²) in [5, 5.41) is 4.31. The van der Waals surface area contributed by atoms with Crippen LogP contribution in [0.5, 0.6) is 0 Å². The first kappa shape index (κ1) is 19.2. The van der Waals surface area contributed by atoms with E-state index in [2.05, 4.69) is 27.1 Å². The maximum absolute atomic E-state index is 12.6. The van der Waals surface area contributed by atoms with Crippen LogP contribution in [0.2, 0.25) is 0 Å². The Balaban J connectivity index is 1.46. The Morgan fingerprint density at radius 1 is 1.06 bits per heavy atom. The molecule has 5 rings (SSSR count). The first-order chi connectivity index (χ1) is 15.2. The molecule has 0 saturated carbocycles. The molecular formula is C23H22N6O2. The first-order valence-corrected chi connectivity index (χ1v) is 10.1. The normalized spacial score (nSPS) is 16.4. The molecule has 3 aromatic heterocycles. The number of morpholine rings is 1. The Morgan fingerprint density at radius 2 is 1.94 bits per heavy atom. The third-order valence-corrected chi connectivity index (χ3v) is 5.45. The average Bonchev–Trinajstić information content (AvgIpc) is 3.37. The molecule has 1 saturated heterocycles. The molecule has 0 amide bonds. The van der Waals surface area contributed by atoms with Gasteiger partial charge in [-0.2, -0.15) is 5.10 Å². The van der Waals surface area contributed by atoms with Crippen molar-refractivity contribution in [2.24, 2.45) is 7.05 Å². The Kier molecular flexibility index (Phi) is 5.05. The van der Waals surface area contributed by atoms with Crippen molar-refractivity contribution < 1.29 is 4.74 Å². The van der Waals surface area contributed by atoms with E-state index in [1.807, 2.05) is 41.2 Å². The van der Waals surface area contributed by atoms with Gasteiger partial charge in [0.1, 0.15) is 6.10 Å². The zero-order valence-electron chi connectivity index (χ0n) is 17.1. The summed E-state index contributed by atoms with van der Waals surface area (Å²) in [6.45, 7) is 1.81. The van der Waals surface area contributed by atoms with Crippen molar-refractivity contribution in [3.05, 3.63) is 89.2 Å². The fraction of sp³-hybridized carbons (Fsp3) is 0.217. The predicted octanol–water partition coefficient (Wildman–Crippen LogP) is 2.61.